The second-order valence-corrected chi connectivity index (χ2v) is 3.05. The van der Waals surface area contributed by atoms with Crippen LogP contribution < -0.4 is 5.73 Å². The standard InChI is InChI=1S/C7H15NO/c1-5-3-2-4-6(9)7(5)8/h5-7,9H,2-4,8H2,1H3/t5-,6-,7+/m1/s1. The van der Waals surface area contributed by atoms with Crippen molar-refractivity contribution in [3.05, 3.63) is 0 Å². The molecular weight excluding hydrogens is 114 g/mol. The maximum absolute atomic E-state index is 9.22. The van der Waals surface area contributed by atoms with E-state index in [1.165, 1.54) is 6.42 Å². The normalized spacial score (nSPS) is 45.0. The molecule has 2 heteroatoms. The Morgan fingerprint density at radius 3 is 2.56 bits per heavy atom. The van der Waals surface area contributed by atoms with Crippen LogP contribution in [0.2, 0.25) is 0 Å². The molecule has 0 saturated heterocycles. The molecule has 1 rings (SSSR count). The van der Waals surface area contributed by atoms with E-state index in [1.54, 1.807) is 0 Å². The van der Waals surface area contributed by atoms with E-state index in [2.05, 4.69) is 6.92 Å². The summed E-state index contributed by atoms with van der Waals surface area (Å²) in [5.41, 5.74) is 5.67. The van der Waals surface area contributed by atoms with Crippen molar-refractivity contribution in [2.75, 3.05) is 0 Å². The van der Waals surface area contributed by atoms with Gasteiger partial charge < -0.3 is 10.8 Å². The lowest BCUT2D eigenvalue weighted by Crippen LogP contribution is -2.43. The second kappa shape index (κ2) is 2.67. The molecule has 3 atom stereocenters. The minimum absolute atomic E-state index is 0.0266. The lowest BCUT2D eigenvalue weighted by molar-refractivity contribution is 0.0817. The molecular formula is C7H15NO. The van der Waals surface area contributed by atoms with Crippen LogP contribution in [0.1, 0.15) is 26.2 Å². The van der Waals surface area contributed by atoms with E-state index >= 15 is 0 Å². The second-order valence-electron chi connectivity index (χ2n) is 3.05. The molecule has 1 saturated carbocycles. The summed E-state index contributed by atoms with van der Waals surface area (Å²) in [7, 11) is 0. The maximum Gasteiger partial charge on any atom is 0.0693 e. The first kappa shape index (κ1) is 7.03. The lowest BCUT2D eigenvalue weighted by Gasteiger charge is -2.29. The van der Waals surface area contributed by atoms with Crippen molar-refractivity contribution < 1.29 is 5.11 Å². The zero-order valence-electron chi connectivity index (χ0n) is 5.88. The van der Waals surface area contributed by atoms with Gasteiger partial charge in [-0.25, -0.2) is 0 Å². The van der Waals surface area contributed by atoms with Crippen LogP contribution in [0, 0.1) is 5.92 Å². The van der Waals surface area contributed by atoms with Crippen LogP contribution in [-0.4, -0.2) is 17.3 Å². The quantitative estimate of drug-likeness (QED) is 0.500. The fourth-order valence-electron chi connectivity index (χ4n) is 1.41. The molecule has 0 aromatic carbocycles. The van der Waals surface area contributed by atoms with Gasteiger partial charge in [-0.3, -0.25) is 0 Å². The van der Waals surface area contributed by atoms with Crippen molar-refractivity contribution in [2.24, 2.45) is 11.7 Å². The van der Waals surface area contributed by atoms with E-state index in [-0.39, 0.29) is 12.1 Å². The number of nitrogens with two attached hydrogens (primary N) is 1. The van der Waals surface area contributed by atoms with Gasteiger partial charge in [0.25, 0.3) is 0 Å². The molecule has 0 bridgehead atoms. The molecule has 0 aromatic heterocycles. The monoisotopic (exact) mass is 129 g/mol. The molecule has 0 amide bonds. The Balaban J connectivity index is 2.41. The van der Waals surface area contributed by atoms with Gasteiger partial charge in [0.15, 0.2) is 0 Å². The molecule has 3 N–H and O–H groups in total. The van der Waals surface area contributed by atoms with E-state index in [4.69, 9.17) is 5.73 Å². The summed E-state index contributed by atoms with van der Waals surface area (Å²) in [6.45, 7) is 2.10. The summed E-state index contributed by atoms with van der Waals surface area (Å²) < 4.78 is 0. The van der Waals surface area contributed by atoms with Gasteiger partial charge in [0.1, 0.15) is 0 Å². The summed E-state index contributed by atoms with van der Waals surface area (Å²) in [6, 6.07) is 0.0266. The van der Waals surface area contributed by atoms with Crippen molar-refractivity contribution in [1.82, 2.24) is 0 Å². The lowest BCUT2D eigenvalue weighted by atomic mass is 9.84. The van der Waals surface area contributed by atoms with Gasteiger partial charge in [-0.1, -0.05) is 13.3 Å². The number of aliphatic hydroxyl groups excluding tert-OH is 1. The molecule has 1 aliphatic carbocycles. The fraction of sp³-hybridized carbons (Fsp3) is 1.00. The predicted molar refractivity (Wildman–Crippen MR) is 37.0 cm³/mol. The molecule has 0 radical (unpaired) electrons. The molecule has 9 heavy (non-hydrogen) atoms. The van der Waals surface area contributed by atoms with E-state index in [1.807, 2.05) is 0 Å². The van der Waals surface area contributed by atoms with Gasteiger partial charge in [-0.2, -0.15) is 0 Å². The van der Waals surface area contributed by atoms with Gasteiger partial charge in [-0.15, -0.1) is 0 Å². The Labute approximate surface area is 56.1 Å². The van der Waals surface area contributed by atoms with Crippen molar-refractivity contribution in [2.45, 2.75) is 38.3 Å². The van der Waals surface area contributed by atoms with Crippen molar-refractivity contribution in [3.63, 3.8) is 0 Å². The van der Waals surface area contributed by atoms with E-state index < -0.39 is 0 Å². The summed E-state index contributed by atoms with van der Waals surface area (Å²) in [6.07, 6.45) is 2.97. The SMILES string of the molecule is C[C@@H]1CCC[C@@H](O)[C@H]1N. The minimum Gasteiger partial charge on any atom is -0.392 e. The predicted octanol–water partition coefficient (Wildman–Crippen LogP) is 0.495. The maximum atomic E-state index is 9.22. The molecule has 1 aliphatic rings. The Morgan fingerprint density at radius 1 is 1.44 bits per heavy atom. The van der Waals surface area contributed by atoms with Crippen molar-refractivity contribution in [3.8, 4) is 0 Å². The van der Waals surface area contributed by atoms with E-state index in [9.17, 15) is 5.11 Å². The number of hydrogen-bond acceptors (Lipinski definition) is 2. The highest BCUT2D eigenvalue weighted by Crippen LogP contribution is 2.22. The van der Waals surface area contributed by atoms with E-state index in [0.29, 0.717) is 5.92 Å². The highest BCUT2D eigenvalue weighted by atomic mass is 16.3. The highest BCUT2D eigenvalue weighted by molar-refractivity contribution is 4.81. The number of hydrogen-bond donors (Lipinski definition) is 2. The first-order valence-corrected chi connectivity index (χ1v) is 3.65. The molecule has 2 nitrogen and oxygen atoms in total. The number of aliphatic hydroxyl groups is 1. The Bertz CT molecular complexity index is 84.9. The average Bonchev–Trinajstić information content (AvgIpc) is 1.83. The molecule has 54 valence electrons. The molecule has 1 fully saturated rings. The van der Waals surface area contributed by atoms with E-state index in [0.717, 1.165) is 12.8 Å². The average molecular weight is 129 g/mol. The first-order chi connectivity index (χ1) is 4.22. The van der Waals surface area contributed by atoms with Crippen LogP contribution in [0.15, 0.2) is 0 Å². The smallest absolute Gasteiger partial charge is 0.0693 e. The Morgan fingerprint density at radius 2 is 2.11 bits per heavy atom. The molecule has 0 aliphatic heterocycles. The Kier molecular flexibility index (Phi) is 2.09. The molecule has 0 unspecified atom stereocenters. The molecule has 0 heterocycles. The van der Waals surface area contributed by atoms with Gasteiger partial charge in [0.2, 0.25) is 0 Å². The highest BCUT2D eigenvalue weighted by Gasteiger charge is 2.25. The van der Waals surface area contributed by atoms with Crippen LogP contribution in [0.3, 0.4) is 0 Å². The zero-order valence-corrected chi connectivity index (χ0v) is 5.88. The topological polar surface area (TPSA) is 46.2 Å². The summed E-state index contributed by atoms with van der Waals surface area (Å²) >= 11 is 0. The third-order valence-electron chi connectivity index (χ3n) is 2.26. The molecule has 0 spiro atoms. The van der Waals surface area contributed by atoms with Crippen LogP contribution in [0.4, 0.5) is 0 Å². The summed E-state index contributed by atoms with van der Waals surface area (Å²) in [5.74, 6) is 0.508. The minimum atomic E-state index is -0.242. The van der Waals surface area contributed by atoms with Crippen LogP contribution in [-0.2, 0) is 0 Å². The van der Waals surface area contributed by atoms with Crippen LogP contribution in [0.25, 0.3) is 0 Å². The Hall–Kier alpha value is -0.0800. The fourth-order valence-corrected chi connectivity index (χ4v) is 1.41. The van der Waals surface area contributed by atoms with Crippen molar-refractivity contribution in [1.29, 1.82) is 0 Å². The van der Waals surface area contributed by atoms with Gasteiger partial charge >= 0.3 is 0 Å². The van der Waals surface area contributed by atoms with Crippen LogP contribution >= 0.6 is 0 Å². The zero-order chi connectivity index (χ0) is 6.85. The van der Waals surface area contributed by atoms with Gasteiger partial charge in [0, 0.05) is 6.04 Å². The third kappa shape index (κ3) is 1.43. The number of rotatable bonds is 0. The van der Waals surface area contributed by atoms with Crippen molar-refractivity contribution >= 4 is 0 Å². The first-order valence-electron chi connectivity index (χ1n) is 3.65. The summed E-state index contributed by atoms with van der Waals surface area (Å²) in [4.78, 5) is 0. The molecule has 0 aromatic rings. The van der Waals surface area contributed by atoms with Gasteiger partial charge in [-0.05, 0) is 18.8 Å². The summed E-state index contributed by atoms with van der Waals surface area (Å²) in [5, 5.41) is 9.22. The van der Waals surface area contributed by atoms with Gasteiger partial charge in [0.05, 0.1) is 6.10 Å². The van der Waals surface area contributed by atoms with Crippen LogP contribution in [0.5, 0.6) is 0 Å². The largest absolute Gasteiger partial charge is 0.392 e. The third-order valence-corrected chi connectivity index (χ3v) is 2.26.